The molecule has 1 N–H and O–H groups in total. The van der Waals surface area contributed by atoms with Crippen LogP contribution < -0.4 is 0 Å². The summed E-state index contributed by atoms with van der Waals surface area (Å²) in [4.78, 5) is 23.6. The van der Waals surface area contributed by atoms with E-state index in [2.05, 4.69) is 50.3 Å². The third-order valence-corrected chi connectivity index (χ3v) is 9.35. The number of carbonyl (C=O) groups is 2. The van der Waals surface area contributed by atoms with Crippen molar-refractivity contribution in [3.8, 4) is 0 Å². The van der Waals surface area contributed by atoms with Gasteiger partial charge >= 0.3 is 11.9 Å². The number of hydrogen-bond acceptors (Lipinski definition) is 3. The molecule has 0 aliphatic heterocycles. The van der Waals surface area contributed by atoms with E-state index in [-0.39, 0.29) is 18.5 Å². The Balaban J connectivity index is 3.73. The molecule has 0 heterocycles. The summed E-state index contributed by atoms with van der Waals surface area (Å²) in [6.45, 7) is 4.52. The predicted octanol–water partition coefficient (Wildman–Crippen LogP) is 14.6. The summed E-state index contributed by atoms with van der Waals surface area (Å²) in [6, 6.07) is 0. The van der Waals surface area contributed by atoms with E-state index >= 15 is 0 Å². The largest absolute Gasteiger partial charge is 0.481 e. The fourth-order valence-electron chi connectivity index (χ4n) is 6.20. The van der Waals surface area contributed by atoms with Crippen LogP contribution in [-0.4, -0.2) is 23.1 Å². The van der Waals surface area contributed by atoms with E-state index in [0.29, 0.717) is 12.8 Å². The molecular weight excluding hydrogens is 592 g/mol. The van der Waals surface area contributed by atoms with Crippen molar-refractivity contribution in [2.75, 3.05) is 0 Å². The Kier molecular flexibility index (Phi) is 38.1. The van der Waals surface area contributed by atoms with Gasteiger partial charge in [0.15, 0.2) is 0 Å². The van der Waals surface area contributed by atoms with E-state index in [1.54, 1.807) is 0 Å². The number of ether oxygens (including phenoxy) is 1. The lowest BCUT2D eigenvalue weighted by atomic mass is 10.0. The molecule has 0 amide bonds. The Morgan fingerprint density at radius 3 is 1.33 bits per heavy atom. The van der Waals surface area contributed by atoms with Gasteiger partial charge in [-0.2, -0.15) is 0 Å². The van der Waals surface area contributed by atoms with Crippen LogP contribution in [0, 0.1) is 0 Å². The summed E-state index contributed by atoms with van der Waals surface area (Å²) in [5.74, 6) is -0.963. The zero-order valence-electron chi connectivity index (χ0n) is 32.0. The molecule has 0 aliphatic rings. The number of rotatable bonds is 38. The highest BCUT2D eigenvalue weighted by Crippen LogP contribution is 2.18. The first-order valence-electron chi connectivity index (χ1n) is 21.0. The van der Waals surface area contributed by atoms with E-state index in [1.807, 2.05) is 0 Å². The number of carbonyl (C=O) groups excluding carboxylic acids is 1. The minimum atomic E-state index is -0.813. The van der Waals surface area contributed by atoms with Gasteiger partial charge in [-0.1, -0.05) is 166 Å². The van der Waals surface area contributed by atoms with Crippen LogP contribution in [0.3, 0.4) is 0 Å². The van der Waals surface area contributed by atoms with Crippen LogP contribution in [0.4, 0.5) is 0 Å². The van der Waals surface area contributed by atoms with Gasteiger partial charge in [-0.25, -0.2) is 0 Å². The molecule has 0 radical (unpaired) electrons. The third-order valence-electron chi connectivity index (χ3n) is 9.35. The maximum absolute atomic E-state index is 12.5. The summed E-state index contributed by atoms with van der Waals surface area (Å²) in [7, 11) is 0. The molecule has 4 nitrogen and oxygen atoms in total. The van der Waals surface area contributed by atoms with Crippen molar-refractivity contribution in [2.45, 2.75) is 232 Å². The molecule has 0 spiro atoms. The SMILES string of the molecule is CCCCC/C=C\C/C=C\CCCC/C=C\CCCCCCCC(=O)OC(CCCCCCCCCCCCCCCC)CCC(=O)O. The van der Waals surface area contributed by atoms with Gasteiger partial charge in [0.1, 0.15) is 6.10 Å². The molecule has 0 aromatic rings. The molecule has 48 heavy (non-hydrogen) atoms. The smallest absolute Gasteiger partial charge is 0.306 e. The fraction of sp³-hybridized carbons (Fsp3) is 0.818. The van der Waals surface area contributed by atoms with Crippen LogP contribution in [0.2, 0.25) is 0 Å². The second-order valence-corrected chi connectivity index (χ2v) is 14.2. The summed E-state index contributed by atoms with van der Waals surface area (Å²) in [5, 5.41) is 9.13. The van der Waals surface area contributed by atoms with Crippen LogP contribution in [0.5, 0.6) is 0 Å². The maximum Gasteiger partial charge on any atom is 0.306 e. The van der Waals surface area contributed by atoms with Gasteiger partial charge < -0.3 is 9.84 Å². The lowest BCUT2D eigenvalue weighted by Gasteiger charge is -2.17. The predicted molar refractivity (Wildman–Crippen MR) is 209 cm³/mol. The van der Waals surface area contributed by atoms with Crippen LogP contribution in [-0.2, 0) is 14.3 Å². The van der Waals surface area contributed by atoms with Crippen LogP contribution in [0.1, 0.15) is 226 Å². The number of hydrogen-bond donors (Lipinski definition) is 1. The van der Waals surface area contributed by atoms with Crippen LogP contribution in [0.15, 0.2) is 36.5 Å². The highest BCUT2D eigenvalue weighted by atomic mass is 16.5. The number of aliphatic carboxylic acids is 1. The fourth-order valence-corrected chi connectivity index (χ4v) is 6.20. The second-order valence-electron chi connectivity index (χ2n) is 14.2. The zero-order chi connectivity index (χ0) is 35.0. The molecule has 1 unspecified atom stereocenters. The molecule has 0 aromatic carbocycles. The Morgan fingerprint density at radius 1 is 0.458 bits per heavy atom. The van der Waals surface area contributed by atoms with Crippen molar-refractivity contribution in [1.29, 1.82) is 0 Å². The van der Waals surface area contributed by atoms with Gasteiger partial charge in [-0.3, -0.25) is 9.59 Å². The molecule has 0 saturated heterocycles. The number of carboxylic acids is 1. The second kappa shape index (κ2) is 39.6. The first-order chi connectivity index (χ1) is 23.6. The van der Waals surface area contributed by atoms with Gasteiger partial charge in [0.25, 0.3) is 0 Å². The molecule has 4 heteroatoms. The number of allylic oxidation sites excluding steroid dienone is 6. The van der Waals surface area contributed by atoms with Crippen molar-refractivity contribution >= 4 is 11.9 Å². The van der Waals surface area contributed by atoms with Crippen molar-refractivity contribution in [3.63, 3.8) is 0 Å². The van der Waals surface area contributed by atoms with Crippen molar-refractivity contribution in [3.05, 3.63) is 36.5 Å². The van der Waals surface area contributed by atoms with E-state index in [0.717, 1.165) is 51.4 Å². The summed E-state index contributed by atoms with van der Waals surface area (Å²) in [6.07, 6.45) is 51.7. The summed E-state index contributed by atoms with van der Waals surface area (Å²) in [5.41, 5.74) is 0. The average molecular weight is 673 g/mol. The molecule has 1 atom stereocenters. The molecule has 0 fully saturated rings. The molecule has 0 aromatic heterocycles. The van der Waals surface area contributed by atoms with Crippen LogP contribution >= 0.6 is 0 Å². The van der Waals surface area contributed by atoms with Gasteiger partial charge in [0.2, 0.25) is 0 Å². The van der Waals surface area contributed by atoms with Gasteiger partial charge in [0, 0.05) is 12.8 Å². The molecule has 0 aliphatic carbocycles. The molecule has 280 valence electrons. The quantitative estimate of drug-likeness (QED) is 0.0403. The standard InChI is InChI=1S/C44H80O4/c1-3-5-7-9-11-13-15-17-19-20-21-22-23-24-25-27-29-31-33-35-37-39-44(47)48-42(40-41-43(45)46)38-36-34-32-30-28-26-18-16-14-12-10-8-6-4-2/h11,13,17,19,24-25,42H,3-10,12,14-16,18,20-23,26-41H2,1-2H3,(H,45,46)/b13-11-,19-17-,25-24-. The Morgan fingerprint density at radius 2 is 0.833 bits per heavy atom. The van der Waals surface area contributed by atoms with Crippen molar-refractivity contribution in [2.24, 2.45) is 0 Å². The van der Waals surface area contributed by atoms with E-state index in [4.69, 9.17) is 9.84 Å². The van der Waals surface area contributed by atoms with Crippen molar-refractivity contribution < 1.29 is 19.4 Å². The number of unbranched alkanes of at least 4 members (excludes halogenated alkanes) is 24. The molecule has 0 rings (SSSR count). The van der Waals surface area contributed by atoms with E-state index < -0.39 is 5.97 Å². The average Bonchev–Trinajstić information content (AvgIpc) is 3.07. The summed E-state index contributed by atoms with van der Waals surface area (Å²) < 4.78 is 5.74. The Bertz CT molecular complexity index is 768. The van der Waals surface area contributed by atoms with Crippen molar-refractivity contribution in [1.82, 2.24) is 0 Å². The highest BCUT2D eigenvalue weighted by molar-refractivity contribution is 5.69. The zero-order valence-corrected chi connectivity index (χ0v) is 32.0. The highest BCUT2D eigenvalue weighted by Gasteiger charge is 2.16. The van der Waals surface area contributed by atoms with Crippen LogP contribution in [0.25, 0.3) is 0 Å². The monoisotopic (exact) mass is 673 g/mol. The molecule has 0 saturated carbocycles. The van der Waals surface area contributed by atoms with E-state index in [1.165, 1.54) is 141 Å². The lowest BCUT2D eigenvalue weighted by Crippen LogP contribution is -2.19. The maximum atomic E-state index is 12.5. The lowest BCUT2D eigenvalue weighted by molar-refractivity contribution is -0.151. The first kappa shape index (κ1) is 46.2. The van der Waals surface area contributed by atoms with E-state index in [9.17, 15) is 9.59 Å². The minimum absolute atomic E-state index is 0.0692. The van der Waals surface area contributed by atoms with Gasteiger partial charge in [0.05, 0.1) is 0 Å². The Hall–Kier alpha value is -1.84. The number of esters is 1. The Labute approximate surface area is 299 Å². The third kappa shape index (κ3) is 38.6. The summed E-state index contributed by atoms with van der Waals surface area (Å²) >= 11 is 0. The number of carboxylic acid groups (broad SMARTS) is 1. The molecular formula is C44H80O4. The van der Waals surface area contributed by atoms with Gasteiger partial charge in [-0.15, -0.1) is 0 Å². The topological polar surface area (TPSA) is 63.6 Å². The van der Waals surface area contributed by atoms with Gasteiger partial charge in [-0.05, 0) is 83.5 Å². The molecule has 0 bridgehead atoms. The minimum Gasteiger partial charge on any atom is -0.481 e. The first-order valence-corrected chi connectivity index (χ1v) is 21.0. The normalized spacial score (nSPS) is 12.5.